The fraction of sp³-hybridized carbons (Fsp3) is 0.294. The lowest BCUT2D eigenvalue weighted by atomic mass is 9.80. The highest BCUT2D eigenvalue weighted by molar-refractivity contribution is 7.80. The number of thiocarbonyl (C=S) groups is 2. The van der Waals surface area contributed by atoms with Crippen molar-refractivity contribution in [2.45, 2.75) is 18.8 Å². The summed E-state index contributed by atoms with van der Waals surface area (Å²) in [5, 5.41) is 9.65. The Kier molecular flexibility index (Phi) is 5.57. The smallest absolute Gasteiger partial charge is 0.238 e. The Labute approximate surface area is 165 Å². The SMILES string of the molecule is O=C1NC(=S)NC(=O)C1CC(CC1C(=O)NC(=S)NC1=O)c1ccccc1. The van der Waals surface area contributed by atoms with Crippen LogP contribution in [0.4, 0.5) is 0 Å². The van der Waals surface area contributed by atoms with Crippen LogP contribution in [0.15, 0.2) is 30.3 Å². The van der Waals surface area contributed by atoms with Crippen LogP contribution in [-0.4, -0.2) is 33.9 Å². The van der Waals surface area contributed by atoms with E-state index in [0.717, 1.165) is 5.56 Å². The molecule has 10 heteroatoms. The first-order valence-electron chi connectivity index (χ1n) is 8.21. The number of carbonyl (C=O) groups is 4. The van der Waals surface area contributed by atoms with Gasteiger partial charge < -0.3 is 21.3 Å². The van der Waals surface area contributed by atoms with Crippen molar-refractivity contribution in [2.75, 3.05) is 0 Å². The second-order valence-corrected chi connectivity index (χ2v) is 7.12. The number of carbonyl (C=O) groups excluding carboxylic acids is 4. The van der Waals surface area contributed by atoms with Gasteiger partial charge in [-0.2, -0.15) is 0 Å². The molecular formula is C17H16N4O4S2. The molecule has 0 aromatic heterocycles. The molecule has 0 spiro atoms. The van der Waals surface area contributed by atoms with Crippen LogP contribution in [0.1, 0.15) is 24.3 Å². The van der Waals surface area contributed by atoms with Gasteiger partial charge >= 0.3 is 0 Å². The molecule has 0 aliphatic carbocycles. The maximum atomic E-state index is 12.2. The van der Waals surface area contributed by atoms with Crippen LogP contribution in [0.25, 0.3) is 0 Å². The highest BCUT2D eigenvalue weighted by atomic mass is 32.1. The molecule has 8 nitrogen and oxygen atoms in total. The number of nitrogens with one attached hydrogen (secondary N) is 4. The number of rotatable bonds is 5. The summed E-state index contributed by atoms with van der Waals surface area (Å²) < 4.78 is 0. The van der Waals surface area contributed by atoms with Gasteiger partial charge in [-0.15, -0.1) is 0 Å². The van der Waals surface area contributed by atoms with E-state index in [1.165, 1.54) is 0 Å². The Morgan fingerprint density at radius 2 is 1.07 bits per heavy atom. The van der Waals surface area contributed by atoms with E-state index in [1.807, 2.05) is 30.3 Å². The van der Waals surface area contributed by atoms with E-state index in [1.54, 1.807) is 0 Å². The third-order valence-corrected chi connectivity index (χ3v) is 4.93. The van der Waals surface area contributed by atoms with E-state index >= 15 is 0 Å². The van der Waals surface area contributed by atoms with Gasteiger partial charge in [-0.3, -0.25) is 19.2 Å². The van der Waals surface area contributed by atoms with Crippen molar-refractivity contribution in [1.29, 1.82) is 0 Å². The molecule has 1 aromatic carbocycles. The van der Waals surface area contributed by atoms with Crippen molar-refractivity contribution in [3.63, 3.8) is 0 Å². The topological polar surface area (TPSA) is 116 Å². The quantitative estimate of drug-likeness (QED) is 0.401. The van der Waals surface area contributed by atoms with Crippen LogP contribution >= 0.6 is 24.4 Å². The fourth-order valence-corrected chi connectivity index (χ4v) is 3.59. The first-order valence-corrected chi connectivity index (χ1v) is 9.03. The molecule has 2 heterocycles. The van der Waals surface area contributed by atoms with Gasteiger partial charge in [-0.25, -0.2) is 0 Å². The largest absolute Gasteiger partial charge is 0.302 e. The first kappa shape index (κ1) is 19.1. The Morgan fingerprint density at radius 1 is 0.704 bits per heavy atom. The zero-order valence-corrected chi connectivity index (χ0v) is 15.6. The van der Waals surface area contributed by atoms with Crippen LogP contribution in [0, 0.1) is 11.8 Å². The summed E-state index contributed by atoms with van der Waals surface area (Å²) >= 11 is 9.62. The van der Waals surface area contributed by atoms with Crippen molar-refractivity contribution in [3.05, 3.63) is 35.9 Å². The Bertz CT molecular complexity index is 753. The third kappa shape index (κ3) is 4.34. The lowest BCUT2D eigenvalue weighted by Crippen LogP contribution is -2.57. The number of hydrogen-bond donors (Lipinski definition) is 4. The first-order chi connectivity index (χ1) is 12.8. The van der Waals surface area contributed by atoms with Gasteiger partial charge in [-0.05, 0) is 48.8 Å². The lowest BCUT2D eigenvalue weighted by molar-refractivity contribution is -0.135. The number of benzene rings is 1. The van der Waals surface area contributed by atoms with Gasteiger partial charge in [-0.1, -0.05) is 30.3 Å². The average molecular weight is 404 g/mol. The van der Waals surface area contributed by atoms with E-state index in [2.05, 4.69) is 21.3 Å². The maximum Gasteiger partial charge on any atom is 0.238 e. The molecule has 4 N–H and O–H groups in total. The van der Waals surface area contributed by atoms with Crippen LogP contribution in [0.3, 0.4) is 0 Å². The van der Waals surface area contributed by atoms with E-state index < -0.39 is 35.5 Å². The Hall–Kier alpha value is -2.72. The predicted molar refractivity (Wildman–Crippen MR) is 103 cm³/mol. The molecule has 2 aliphatic rings. The van der Waals surface area contributed by atoms with Gasteiger partial charge in [0.2, 0.25) is 23.6 Å². The van der Waals surface area contributed by atoms with Gasteiger partial charge in [0.15, 0.2) is 10.2 Å². The van der Waals surface area contributed by atoms with Crippen molar-refractivity contribution >= 4 is 58.3 Å². The van der Waals surface area contributed by atoms with Gasteiger partial charge in [0, 0.05) is 0 Å². The standard InChI is InChI=1S/C17H16N4O4S2/c22-12-10(13(23)19-16(26)18-12)6-9(8-4-2-1-3-5-8)7-11-14(24)20-17(27)21-15(11)25/h1-5,9-11H,6-7H2,(H2,18,19,22,23,26)(H2,20,21,24,25,27). The molecule has 2 fully saturated rings. The molecule has 140 valence electrons. The van der Waals surface area contributed by atoms with E-state index in [-0.39, 0.29) is 29.0 Å². The summed E-state index contributed by atoms with van der Waals surface area (Å²) in [6.07, 6.45) is 0.262. The van der Waals surface area contributed by atoms with Gasteiger partial charge in [0.05, 0.1) is 0 Å². The average Bonchev–Trinajstić information content (AvgIpc) is 2.59. The summed E-state index contributed by atoms with van der Waals surface area (Å²) in [5.41, 5.74) is 0.819. The van der Waals surface area contributed by atoms with E-state index in [0.29, 0.717) is 0 Å². The van der Waals surface area contributed by atoms with Gasteiger partial charge in [0.25, 0.3) is 0 Å². The molecule has 27 heavy (non-hydrogen) atoms. The second-order valence-electron chi connectivity index (χ2n) is 6.30. The minimum absolute atomic E-state index is 0.0305. The highest BCUT2D eigenvalue weighted by Gasteiger charge is 2.39. The zero-order chi connectivity index (χ0) is 19.6. The van der Waals surface area contributed by atoms with Crippen LogP contribution < -0.4 is 21.3 Å². The predicted octanol–water partition coefficient (Wildman–Crippen LogP) is -0.155. The molecule has 0 atom stereocenters. The Balaban J connectivity index is 1.84. The van der Waals surface area contributed by atoms with Crippen LogP contribution in [0.5, 0.6) is 0 Å². The van der Waals surface area contributed by atoms with Crippen molar-refractivity contribution in [2.24, 2.45) is 11.8 Å². The molecule has 0 bridgehead atoms. The summed E-state index contributed by atoms with van der Waals surface area (Å²) in [5.74, 6) is -4.32. The molecule has 2 aliphatic heterocycles. The molecule has 0 saturated carbocycles. The molecule has 3 rings (SSSR count). The minimum Gasteiger partial charge on any atom is -0.302 e. The highest BCUT2D eigenvalue weighted by Crippen LogP contribution is 2.32. The maximum absolute atomic E-state index is 12.2. The monoisotopic (exact) mass is 404 g/mol. The Morgan fingerprint density at radius 3 is 1.44 bits per heavy atom. The number of hydrogen-bond acceptors (Lipinski definition) is 6. The normalized spacial score (nSPS) is 18.9. The van der Waals surface area contributed by atoms with Crippen molar-refractivity contribution in [1.82, 2.24) is 21.3 Å². The second kappa shape index (κ2) is 7.89. The summed E-state index contributed by atoms with van der Waals surface area (Å²) in [7, 11) is 0. The van der Waals surface area contributed by atoms with Crippen LogP contribution in [-0.2, 0) is 19.2 Å². The number of amides is 4. The fourth-order valence-electron chi connectivity index (χ4n) is 3.19. The molecule has 0 radical (unpaired) electrons. The zero-order valence-electron chi connectivity index (χ0n) is 14.0. The van der Waals surface area contributed by atoms with Crippen LogP contribution in [0.2, 0.25) is 0 Å². The molecule has 0 unspecified atom stereocenters. The van der Waals surface area contributed by atoms with Crippen molar-refractivity contribution in [3.8, 4) is 0 Å². The summed E-state index contributed by atoms with van der Waals surface area (Å²) in [6.45, 7) is 0. The molecule has 4 amide bonds. The summed E-state index contributed by atoms with van der Waals surface area (Å²) in [4.78, 5) is 48.8. The summed E-state index contributed by atoms with van der Waals surface area (Å²) in [6, 6.07) is 9.12. The van der Waals surface area contributed by atoms with E-state index in [9.17, 15) is 19.2 Å². The van der Waals surface area contributed by atoms with Crippen molar-refractivity contribution < 1.29 is 19.2 Å². The molecule has 2 saturated heterocycles. The third-order valence-electron chi connectivity index (χ3n) is 4.52. The lowest BCUT2D eigenvalue weighted by Gasteiger charge is -2.29. The minimum atomic E-state index is -0.974. The van der Waals surface area contributed by atoms with E-state index in [4.69, 9.17) is 24.4 Å². The molecular weight excluding hydrogens is 388 g/mol. The van der Waals surface area contributed by atoms with Gasteiger partial charge in [0.1, 0.15) is 11.8 Å². The molecule has 1 aromatic rings.